The van der Waals surface area contributed by atoms with E-state index in [1.54, 1.807) is 12.4 Å². The number of aromatic amines is 1. The van der Waals surface area contributed by atoms with Gasteiger partial charge >= 0.3 is 0 Å². The second-order valence-corrected chi connectivity index (χ2v) is 3.27. The lowest BCUT2D eigenvalue weighted by Gasteiger charge is -1.92. The number of H-pyrrole nitrogens is 1. The number of pyridine rings is 1. The Kier molecular flexibility index (Phi) is 1.75. The molecule has 71 valence electrons. The number of nitrogens with one attached hydrogen (secondary N) is 1. The molecule has 1 radical (unpaired) electrons. The summed E-state index contributed by atoms with van der Waals surface area (Å²) in [4.78, 5) is 11.8. The van der Waals surface area contributed by atoms with Crippen molar-refractivity contribution in [3.63, 3.8) is 0 Å². The van der Waals surface area contributed by atoms with E-state index >= 15 is 0 Å². The molecule has 0 aliphatic rings. The normalized spacial score (nSPS) is 10.7. The summed E-state index contributed by atoms with van der Waals surface area (Å²) in [7, 11) is 0. The standard InChI is InChI=1S/C12H8N3/c1-2-6-11-10(5-1)14-12(15-11)9-4-3-7-13-8-9/h1,3-8H,(H,14,15). The molecule has 0 atom stereocenters. The molecule has 3 nitrogen and oxygen atoms in total. The van der Waals surface area contributed by atoms with Gasteiger partial charge < -0.3 is 4.98 Å². The molecule has 15 heavy (non-hydrogen) atoms. The number of hydrogen-bond donors (Lipinski definition) is 1. The van der Waals surface area contributed by atoms with Crippen LogP contribution in [0.5, 0.6) is 0 Å². The fraction of sp³-hybridized carbons (Fsp3) is 0. The van der Waals surface area contributed by atoms with Crippen LogP contribution in [0.2, 0.25) is 0 Å². The maximum Gasteiger partial charge on any atom is 0.140 e. The lowest BCUT2D eigenvalue weighted by atomic mass is 10.3. The molecule has 0 unspecified atom stereocenters. The van der Waals surface area contributed by atoms with E-state index in [9.17, 15) is 0 Å². The smallest absolute Gasteiger partial charge is 0.140 e. The molecular formula is C12H8N3. The molecule has 0 amide bonds. The molecule has 0 aliphatic heterocycles. The monoisotopic (exact) mass is 194 g/mol. The summed E-state index contributed by atoms with van der Waals surface area (Å²) in [6.45, 7) is 0. The molecule has 0 bridgehead atoms. The minimum atomic E-state index is 0.845. The third kappa shape index (κ3) is 1.38. The molecule has 0 saturated carbocycles. The largest absolute Gasteiger partial charge is 0.338 e. The van der Waals surface area contributed by atoms with Gasteiger partial charge in [-0.15, -0.1) is 0 Å². The Morgan fingerprint density at radius 3 is 3.07 bits per heavy atom. The van der Waals surface area contributed by atoms with E-state index in [1.807, 2.05) is 30.3 Å². The van der Waals surface area contributed by atoms with Gasteiger partial charge in [-0.1, -0.05) is 6.07 Å². The van der Waals surface area contributed by atoms with Crippen molar-refractivity contribution < 1.29 is 0 Å². The second-order valence-electron chi connectivity index (χ2n) is 3.27. The molecule has 3 heteroatoms. The Hall–Kier alpha value is -2.16. The predicted octanol–water partition coefficient (Wildman–Crippen LogP) is 2.43. The number of rotatable bonds is 1. The van der Waals surface area contributed by atoms with Gasteiger partial charge in [-0.2, -0.15) is 0 Å². The van der Waals surface area contributed by atoms with E-state index in [1.165, 1.54) is 0 Å². The van der Waals surface area contributed by atoms with Crippen molar-refractivity contribution in [1.82, 2.24) is 15.0 Å². The van der Waals surface area contributed by atoms with Gasteiger partial charge in [-0.25, -0.2) is 4.98 Å². The van der Waals surface area contributed by atoms with Gasteiger partial charge in [-0.05, 0) is 30.3 Å². The third-order valence-corrected chi connectivity index (χ3v) is 2.26. The number of benzene rings is 1. The van der Waals surface area contributed by atoms with Crippen molar-refractivity contribution in [2.45, 2.75) is 0 Å². The van der Waals surface area contributed by atoms with Crippen molar-refractivity contribution >= 4 is 11.0 Å². The summed E-state index contributed by atoms with van der Waals surface area (Å²) >= 11 is 0. The zero-order chi connectivity index (χ0) is 10.1. The van der Waals surface area contributed by atoms with Crippen LogP contribution in [0.25, 0.3) is 22.4 Å². The predicted molar refractivity (Wildman–Crippen MR) is 58.2 cm³/mol. The van der Waals surface area contributed by atoms with Crippen LogP contribution in [0.4, 0.5) is 0 Å². The van der Waals surface area contributed by atoms with Crippen LogP contribution in [-0.2, 0) is 0 Å². The van der Waals surface area contributed by atoms with Gasteiger partial charge in [0, 0.05) is 18.0 Å². The summed E-state index contributed by atoms with van der Waals surface area (Å²) in [5.74, 6) is 0.845. The van der Waals surface area contributed by atoms with E-state index in [-0.39, 0.29) is 0 Å². The molecule has 0 aliphatic carbocycles. The molecular weight excluding hydrogens is 186 g/mol. The van der Waals surface area contributed by atoms with Crippen molar-refractivity contribution in [2.75, 3.05) is 0 Å². The molecule has 2 heterocycles. The van der Waals surface area contributed by atoms with E-state index in [0.717, 1.165) is 22.4 Å². The topological polar surface area (TPSA) is 41.6 Å². The van der Waals surface area contributed by atoms with Crippen molar-refractivity contribution in [3.05, 3.63) is 48.8 Å². The first-order chi connectivity index (χ1) is 7.43. The van der Waals surface area contributed by atoms with E-state index in [4.69, 9.17) is 0 Å². The maximum absolute atomic E-state index is 4.46. The Morgan fingerprint density at radius 1 is 1.27 bits per heavy atom. The van der Waals surface area contributed by atoms with Gasteiger partial charge in [0.1, 0.15) is 5.82 Å². The van der Waals surface area contributed by atoms with Crippen LogP contribution in [0, 0.1) is 6.07 Å². The van der Waals surface area contributed by atoms with E-state index in [0.29, 0.717) is 0 Å². The van der Waals surface area contributed by atoms with Crippen LogP contribution < -0.4 is 0 Å². The lowest BCUT2D eigenvalue weighted by molar-refractivity contribution is 1.27. The highest BCUT2D eigenvalue weighted by Gasteiger charge is 2.03. The Balaban J connectivity index is 2.21. The Bertz CT molecular complexity index is 551. The summed E-state index contributed by atoms with van der Waals surface area (Å²) in [5.41, 5.74) is 2.94. The molecule has 0 saturated heterocycles. The number of imidazole rings is 1. The average Bonchev–Trinajstić information content (AvgIpc) is 2.74. The summed E-state index contributed by atoms with van der Waals surface area (Å²) in [6, 6.07) is 12.6. The van der Waals surface area contributed by atoms with Gasteiger partial charge in [0.25, 0.3) is 0 Å². The molecule has 0 fully saturated rings. The lowest BCUT2D eigenvalue weighted by Crippen LogP contribution is -1.80. The minimum Gasteiger partial charge on any atom is -0.338 e. The first-order valence-corrected chi connectivity index (χ1v) is 4.70. The van der Waals surface area contributed by atoms with Gasteiger partial charge in [0.05, 0.1) is 11.0 Å². The third-order valence-electron chi connectivity index (χ3n) is 2.26. The zero-order valence-electron chi connectivity index (χ0n) is 7.94. The van der Waals surface area contributed by atoms with Gasteiger partial charge in [0.2, 0.25) is 0 Å². The zero-order valence-corrected chi connectivity index (χ0v) is 7.94. The highest BCUT2D eigenvalue weighted by molar-refractivity contribution is 5.78. The molecule has 2 aromatic heterocycles. The maximum atomic E-state index is 4.46. The average molecular weight is 194 g/mol. The number of hydrogen-bond acceptors (Lipinski definition) is 2. The fourth-order valence-electron chi connectivity index (χ4n) is 1.54. The molecule has 3 aromatic rings. The van der Waals surface area contributed by atoms with E-state index in [2.05, 4.69) is 21.0 Å². The first kappa shape index (κ1) is 8.17. The number of nitrogens with zero attached hydrogens (tertiary/aromatic N) is 2. The van der Waals surface area contributed by atoms with Gasteiger partial charge in [0.15, 0.2) is 0 Å². The molecule has 3 rings (SSSR count). The minimum absolute atomic E-state index is 0.845. The fourth-order valence-corrected chi connectivity index (χ4v) is 1.54. The second kappa shape index (κ2) is 3.20. The highest BCUT2D eigenvalue weighted by atomic mass is 14.9. The molecule has 1 aromatic carbocycles. The van der Waals surface area contributed by atoms with Gasteiger partial charge in [-0.3, -0.25) is 4.98 Å². The summed E-state index contributed by atoms with van der Waals surface area (Å²) in [6.07, 6.45) is 3.54. The Morgan fingerprint density at radius 2 is 2.27 bits per heavy atom. The first-order valence-electron chi connectivity index (χ1n) is 4.70. The van der Waals surface area contributed by atoms with Crippen molar-refractivity contribution in [1.29, 1.82) is 0 Å². The van der Waals surface area contributed by atoms with Crippen LogP contribution >= 0.6 is 0 Å². The van der Waals surface area contributed by atoms with Crippen LogP contribution in [0.15, 0.2) is 42.7 Å². The Labute approximate surface area is 86.8 Å². The van der Waals surface area contributed by atoms with Crippen molar-refractivity contribution in [3.8, 4) is 11.4 Å². The quantitative estimate of drug-likeness (QED) is 0.646. The summed E-state index contributed by atoms with van der Waals surface area (Å²) < 4.78 is 0. The van der Waals surface area contributed by atoms with Crippen molar-refractivity contribution in [2.24, 2.45) is 0 Å². The number of fused-ring (bicyclic) bond motifs is 1. The highest BCUT2D eigenvalue weighted by Crippen LogP contribution is 2.18. The number of aromatic nitrogens is 3. The van der Waals surface area contributed by atoms with Crippen LogP contribution in [0.3, 0.4) is 0 Å². The molecule has 0 spiro atoms. The van der Waals surface area contributed by atoms with Crippen LogP contribution in [-0.4, -0.2) is 15.0 Å². The van der Waals surface area contributed by atoms with Crippen LogP contribution in [0.1, 0.15) is 0 Å². The summed E-state index contributed by atoms with van der Waals surface area (Å²) in [5, 5.41) is 0. The molecule has 1 N–H and O–H groups in total. The van der Waals surface area contributed by atoms with E-state index < -0.39 is 0 Å². The SMILES string of the molecule is [c]1ccc2[nH]c(-c3cccnc3)nc2c1.